The number of anilines is 1. The van der Waals surface area contributed by atoms with Crippen LogP contribution in [0, 0.1) is 0 Å². The number of nitrogens with zero attached hydrogens (tertiary/aromatic N) is 2. The monoisotopic (exact) mass is 390 g/mol. The number of ether oxygens (including phenoxy) is 1. The number of urea groups is 1. The maximum absolute atomic E-state index is 12.8. The molecule has 4 rings (SSSR count). The molecule has 29 heavy (non-hydrogen) atoms. The molecule has 0 radical (unpaired) electrons. The van der Waals surface area contributed by atoms with Gasteiger partial charge in [-0.15, -0.1) is 0 Å². The highest BCUT2D eigenvalue weighted by atomic mass is 16.5. The van der Waals surface area contributed by atoms with Crippen LogP contribution in [0.4, 0.5) is 10.5 Å². The standard InChI is InChI=1S/C23H22N2O4/c1-16-22(27)24(23(28)25(16)19-9-3-2-4-10-19)14-20(26)15-29-21-12-11-17-7-5-6-8-18(17)13-21/h2-13,16,20,26H,14-15H2,1H3/t16-,20-/m1/s1. The number of benzene rings is 3. The number of aliphatic hydroxyl groups is 1. The van der Waals surface area contributed by atoms with Gasteiger partial charge in [-0.25, -0.2) is 4.79 Å². The van der Waals surface area contributed by atoms with Crippen LogP contribution in [-0.4, -0.2) is 47.2 Å². The number of imide groups is 1. The van der Waals surface area contributed by atoms with Crippen LogP contribution in [0.5, 0.6) is 5.75 Å². The number of rotatable bonds is 6. The van der Waals surface area contributed by atoms with Crippen LogP contribution in [0.2, 0.25) is 0 Å². The fourth-order valence-electron chi connectivity index (χ4n) is 3.53. The van der Waals surface area contributed by atoms with Gasteiger partial charge in [0.05, 0.1) is 6.54 Å². The van der Waals surface area contributed by atoms with Crippen LogP contribution in [0.1, 0.15) is 6.92 Å². The zero-order chi connectivity index (χ0) is 20.4. The fraction of sp³-hybridized carbons (Fsp3) is 0.217. The van der Waals surface area contributed by atoms with Crippen molar-refractivity contribution in [3.8, 4) is 5.75 Å². The molecular formula is C23H22N2O4. The molecule has 1 aliphatic rings. The van der Waals surface area contributed by atoms with Crippen molar-refractivity contribution in [1.82, 2.24) is 4.90 Å². The van der Waals surface area contributed by atoms with Crippen molar-refractivity contribution in [2.75, 3.05) is 18.1 Å². The third-order valence-corrected chi connectivity index (χ3v) is 5.04. The van der Waals surface area contributed by atoms with E-state index in [0.29, 0.717) is 11.4 Å². The lowest BCUT2D eigenvalue weighted by Gasteiger charge is -2.20. The zero-order valence-corrected chi connectivity index (χ0v) is 16.1. The predicted octanol–water partition coefficient (Wildman–Crippen LogP) is 3.44. The van der Waals surface area contributed by atoms with Crippen molar-refractivity contribution in [1.29, 1.82) is 0 Å². The number of carbonyl (C=O) groups excluding carboxylic acids is 2. The first-order chi connectivity index (χ1) is 14.0. The van der Waals surface area contributed by atoms with Gasteiger partial charge in [-0.2, -0.15) is 0 Å². The Labute approximate surface area is 168 Å². The topological polar surface area (TPSA) is 70.1 Å². The molecule has 0 spiro atoms. The summed E-state index contributed by atoms with van der Waals surface area (Å²) >= 11 is 0. The van der Waals surface area contributed by atoms with E-state index in [0.717, 1.165) is 15.7 Å². The van der Waals surface area contributed by atoms with E-state index in [-0.39, 0.29) is 19.1 Å². The van der Waals surface area contributed by atoms with Gasteiger partial charge in [0.1, 0.15) is 24.5 Å². The number of hydrogen-bond acceptors (Lipinski definition) is 4. The second-order valence-corrected chi connectivity index (χ2v) is 7.09. The Morgan fingerprint density at radius 3 is 2.41 bits per heavy atom. The van der Waals surface area contributed by atoms with E-state index in [1.54, 1.807) is 19.1 Å². The Balaban J connectivity index is 1.40. The van der Waals surface area contributed by atoms with Crippen LogP contribution >= 0.6 is 0 Å². The highest BCUT2D eigenvalue weighted by Gasteiger charge is 2.43. The summed E-state index contributed by atoms with van der Waals surface area (Å²) in [6.07, 6.45) is -0.989. The first-order valence-electron chi connectivity index (χ1n) is 9.54. The number of carbonyl (C=O) groups is 2. The van der Waals surface area contributed by atoms with E-state index in [9.17, 15) is 14.7 Å². The van der Waals surface area contributed by atoms with E-state index in [4.69, 9.17) is 4.74 Å². The molecule has 148 valence electrons. The zero-order valence-electron chi connectivity index (χ0n) is 16.1. The maximum atomic E-state index is 12.8. The van der Waals surface area contributed by atoms with Crippen LogP contribution < -0.4 is 9.64 Å². The van der Waals surface area contributed by atoms with Crippen LogP contribution in [-0.2, 0) is 4.79 Å². The molecule has 1 N–H and O–H groups in total. The van der Waals surface area contributed by atoms with E-state index in [2.05, 4.69) is 0 Å². The van der Waals surface area contributed by atoms with E-state index >= 15 is 0 Å². The van der Waals surface area contributed by atoms with Gasteiger partial charge >= 0.3 is 6.03 Å². The Bertz CT molecular complexity index is 1040. The largest absolute Gasteiger partial charge is 0.491 e. The molecule has 0 aliphatic carbocycles. The predicted molar refractivity (Wildman–Crippen MR) is 111 cm³/mol. The minimum Gasteiger partial charge on any atom is -0.491 e. The summed E-state index contributed by atoms with van der Waals surface area (Å²) in [5.41, 5.74) is 0.655. The molecule has 1 saturated heterocycles. The molecule has 3 aromatic carbocycles. The van der Waals surface area contributed by atoms with Gasteiger partial charge in [0, 0.05) is 5.69 Å². The van der Waals surface area contributed by atoms with Gasteiger partial charge in [-0.05, 0) is 42.0 Å². The van der Waals surface area contributed by atoms with Gasteiger partial charge in [-0.1, -0.05) is 48.5 Å². The summed E-state index contributed by atoms with van der Waals surface area (Å²) in [5.74, 6) is 0.296. The number of amides is 3. The second-order valence-electron chi connectivity index (χ2n) is 7.09. The molecule has 6 heteroatoms. The Morgan fingerprint density at radius 1 is 0.966 bits per heavy atom. The SMILES string of the molecule is C[C@@H]1C(=O)N(C[C@@H](O)COc2ccc3ccccc3c2)C(=O)N1c1ccccc1. The lowest BCUT2D eigenvalue weighted by molar-refractivity contribution is -0.128. The van der Waals surface area contributed by atoms with E-state index in [1.807, 2.05) is 60.7 Å². The molecule has 6 nitrogen and oxygen atoms in total. The maximum Gasteiger partial charge on any atom is 0.332 e. The average Bonchev–Trinajstić information content (AvgIpc) is 2.96. The minimum absolute atomic E-state index is 0.0187. The fourth-order valence-corrected chi connectivity index (χ4v) is 3.53. The normalized spacial score (nSPS) is 17.8. The molecule has 1 heterocycles. The van der Waals surface area contributed by atoms with Gasteiger partial charge in [0.2, 0.25) is 0 Å². The number of β-amino-alcohol motifs (C(OH)–C–C–N with tert-alkyl or cyclic N) is 1. The quantitative estimate of drug-likeness (QED) is 0.655. The summed E-state index contributed by atoms with van der Waals surface area (Å²) in [4.78, 5) is 27.9. The first kappa shape index (κ1) is 19.0. The third kappa shape index (κ3) is 3.79. The minimum atomic E-state index is -0.989. The molecule has 0 bridgehead atoms. The highest BCUT2D eigenvalue weighted by Crippen LogP contribution is 2.26. The van der Waals surface area contributed by atoms with Crippen molar-refractivity contribution in [3.63, 3.8) is 0 Å². The van der Waals surface area contributed by atoms with Gasteiger partial charge in [-0.3, -0.25) is 14.6 Å². The smallest absolute Gasteiger partial charge is 0.332 e. The summed E-state index contributed by atoms with van der Waals surface area (Å²) in [7, 11) is 0. The Hall–Kier alpha value is -3.38. The lowest BCUT2D eigenvalue weighted by atomic mass is 10.1. The van der Waals surface area contributed by atoms with Crippen molar-refractivity contribution in [2.24, 2.45) is 0 Å². The number of fused-ring (bicyclic) bond motifs is 1. The van der Waals surface area contributed by atoms with Crippen LogP contribution in [0.15, 0.2) is 72.8 Å². The summed E-state index contributed by atoms with van der Waals surface area (Å²) in [6.45, 7) is 1.55. The third-order valence-electron chi connectivity index (χ3n) is 5.04. The molecular weight excluding hydrogens is 368 g/mol. The van der Waals surface area contributed by atoms with Crippen molar-refractivity contribution in [3.05, 3.63) is 72.8 Å². The van der Waals surface area contributed by atoms with Gasteiger partial charge < -0.3 is 9.84 Å². The summed E-state index contributed by atoms with van der Waals surface area (Å²) in [5, 5.41) is 12.5. The molecule has 0 unspecified atom stereocenters. The van der Waals surface area contributed by atoms with Crippen LogP contribution in [0.3, 0.4) is 0 Å². The lowest BCUT2D eigenvalue weighted by Crippen LogP contribution is -2.40. The molecule has 2 atom stereocenters. The number of hydrogen-bond donors (Lipinski definition) is 1. The molecule has 0 aromatic heterocycles. The molecule has 3 amide bonds. The Kier molecular flexibility index (Phi) is 5.18. The molecule has 1 fully saturated rings. The number of para-hydroxylation sites is 1. The molecule has 1 aliphatic heterocycles. The van der Waals surface area contributed by atoms with E-state index < -0.39 is 18.2 Å². The van der Waals surface area contributed by atoms with Crippen molar-refractivity contribution >= 4 is 28.4 Å². The first-order valence-corrected chi connectivity index (χ1v) is 9.54. The molecule has 0 saturated carbocycles. The van der Waals surface area contributed by atoms with Crippen molar-refractivity contribution < 1.29 is 19.4 Å². The van der Waals surface area contributed by atoms with Gasteiger partial charge in [0.25, 0.3) is 5.91 Å². The summed E-state index contributed by atoms with van der Waals surface area (Å²) < 4.78 is 5.68. The van der Waals surface area contributed by atoms with Crippen LogP contribution in [0.25, 0.3) is 10.8 Å². The Morgan fingerprint density at radius 2 is 1.66 bits per heavy atom. The second kappa shape index (κ2) is 7.93. The summed E-state index contributed by atoms with van der Waals surface area (Å²) in [6, 6.07) is 21.6. The van der Waals surface area contributed by atoms with E-state index in [1.165, 1.54) is 4.90 Å². The highest BCUT2D eigenvalue weighted by molar-refractivity contribution is 6.14. The van der Waals surface area contributed by atoms with Crippen molar-refractivity contribution in [2.45, 2.75) is 19.1 Å². The van der Waals surface area contributed by atoms with Gasteiger partial charge in [0.15, 0.2) is 0 Å². The molecule has 3 aromatic rings. The number of aliphatic hydroxyl groups excluding tert-OH is 1. The average molecular weight is 390 g/mol.